The maximum Gasteiger partial charge on any atom is 0.127 e. The molecule has 0 aliphatic carbocycles. The fourth-order valence-corrected chi connectivity index (χ4v) is 2.48. The van der Waals surface area contributed by atoms with Crippen molar-refractivity contribution >= 4 is 0 Å². The van der Waals surface area contributed by atoms with Crippen molar-refractivity contribution in [1.29, 1.82) is 0 Å². The molecule has 2 N–H and O–H groups in total. The maximum absolute atomic E-state index is 10.3. The number of phenolic OH excluding ortho intramolecular Hbond substituents is 1. The Labute approximate surface area is 117 Å². The van der Waals surface area contributed by atoms with Gasteiger partial charge in [0.1, 0.15) is 23.4 Å². The zero-order valence-corrected chi connectivity index (χ0v) is 11.1. The van der Waals surface area contributed by atoms with E-state index in [9.17, 15) is 10.2 Å². The summed E-state index contributed by atoms with van der Waals surface area (Å²) in [4.78, 5) is 0. The Hall–Kier alpha value is -2.20. The zero-order chi connectivity index (χ0) is 14.1. The van der Waals surface area contributed by atoms with E-state index >= 15 is 0 Å². The van der Waals surface area contributed by atoms with Crippen molar-refractivity contribution in [2.75, 3.05) is 7.11 Å². The second-order valence-corrected chi connectivity index (χ2v) is 4.86. The van der Waals surface area contributed by atoms with Crippen LogP contribution in [0.15, 0.2) is 42.5 Å². The van der Waals surface area contributed by atoms with Gasteiger partial charge in [-0.15, -0.1) is 0 Å². The highest BCUT2D eigenvalue weighted by atomic mass is 16.5. The van der Waals surface area contributed by atoms with Gasteiger partial charge < -0.3 is 19.7 Å². The molecule has 0 bridgehead atoms. The largest absolute Gasteiger partial charge is 0.508 e. The number of benzene rings is 2. The lowest BCUT2D eigenvalue weighted by molar-refractivity contribution is 0.0653. The van der Waals surface area contributed by atoms with Gasteiger partial charge in [-0.2, -0.15) is 0 Å². The highest BCUT2D eigenvalue weighted by molar-refractivity contribution is 5.44. The molecule has 0 fully saturated rings. The monoisotopic (exact) mass is 272 g/mol. The van der Waals surface area contributed by atoms with Crippen LogP contribution < -0.4 is 9.47 Å². The number of hydrogen-bond donors (Lipinski definition) is 2. The number of aliphatic hydroxyl groups excluding tert-OH is 1. The minimum Gasteiger partial charge on any atom is -0.508 e. The number of aliphatic hydroxyl groups is 1. The molecule has 4 heteroatoms. The van der Waals surface area contributed by atoms with E-state index in [1.165, 1.54) is 0 Å². The zero-order valence-electron chi connectivity index (χ0n) is 11.1. The number of rotatable bonds is 2. The molecule has 3 rings (SSSR count). The summed E-state index contributed by atoms with van der Waals surface area (Å²) in [6, 6.07) is 12.3. The molecule has 0 amide bonds. The number of methoxy groups -OCH3 is 1. The maximum atomic E-state index is 10.3. The van der Waals surface area contributed by atoms with Crippen LogP contribution in [0.3, 0.4) is 0 Å². The summed E-state index contributed by atoms with van der Waals surface area (Å²) in [6.45, 7) is 0. The molecule has 2 aromatic carbocycles. The molecule has 2 aromatic rings. The van der Waals surface area contributed by atoms with Gasteiger partial charge in [0.2, 0.25) is 0 Å². The van der Waals surface area contributed by atoms with Crippen molar-refractivity contribution in [3.05, 3.63) is 53.6 Å². The van der Waals surface area contributed by atoms with Crippen LogP contribution in [-0.2, 0) is 0 Å². The third kappa shape index (κ3) is 2.30. The van der Waals surface area contributed by atoms with Crippen molar-refractivity contribution in [2.45, 2.75) is 18.6 Å². The minimum atomic E-state index is -0.610. The molecule has 2 atom stereocenters. The van der Waals surface area contributed by atoms with Crippen molar-refractivity contribution in [1.82, 2.24) is 0 Å². The average molecular weight is 272 g/mol. The third-order valence-corrected chi connectivity index (χ3v) is 3.52. The van der Waals surface area contributed by atoms with Crippen LogP contribution in [0.4, 0.5) is 0 Å². The Morgan fingerprint density at radius 3 is 2.80 bits per heavy atom. The van der Waals surface area contributed by atoms with E-state index in [-0.39, 0.29) is 11.9 Å². The Morgan fingerprint density at radius 1 is 1.20 bits per heavy atom. The van der Waals surface area contributed by atoms with Gasteiger partial charge in [-0.05, 0) is 35.9 Å². The first-order valence-electron chi connectivity index (χ1n) is 6.49. The first-order valence-corrected chi connectivity index (χ1v) is 6.49. The summed E-state index contributed by atoms with van der Waals surface area (Å²) in [6.07, 6.45) is -0.428. The lowest BCUT2D eigenvalue weighted by atomic mass is 9.95. The van der Waals surface area contributed by atoms with Gasteiger partial charge in [0.15, 0.2) is 0 Å². The van der Waals surface area contributed by atoms with Crippen molar-refractivity contribution in [3.8, 4) is 17.2 Å². The Bertz CT molecular complexity index is 624. The van der Waals surface area contributed by atoms with Crippen molar-refractivity contribution in [3.63, 3.8) is 0 Å². The molecule has 0 saturated carbocycles. The molecular weight excluding hydrogens is 256 g/mol. The fourth-order valence-electron chi connectivity index (χ4n) is 2.48. The molecule has 4 nitrogen and oxygen atoms in total. The normalized spacial score (nSPS) is 20.9. The van der Waals surface area contributed by atoms with E-state index in [2.05, 4.69) is 0 Å². The van der Waals surface area contributed by atoms with Crippen LogP contribution in [0.2, 0.25) is 0 Å². The average Bonchev–Trinajstić information content (AvgIpc) is 2.47. The lowest BCUT2D eigenvalue weighted by Crippen LogP contribution is -2.19. The summed E-state index contributed by atoms with van der Waals surface area (Å²) in [5.41, 5.74) is 1.59. The minimum absolute atomic E-state index is 0.195. The summed E-state index contributed by atoms with van der Waals surface area (Å²) in [5, 5.41) is 19.8. The van der Waals surface area contributed by atoms with Crippen molar-refractivity contribution < 1.29 is 19.7 Å². The second kappa shape index (κ2) is 5.06. The predicted molar refractivity (Wildman–Crippen MR) is 74.0 cm³/mol. The smallest absolute Gasteiger partial charge is 0.127 e. The molecule has 104 valence electrons. The van der Waals surface area contributed by atoms with E-state index in [4.69, 9.17) is 9.47 Å². The summed E-state index contributed by atoms with van der Waals surface area (Å²) < 4.78 is 11.1. The third-order valence-electron chi connectivity index (χ3n) is 3.52. The Kier molecular flexibility index (Phi) is 3.24. The van der Waals surface area contributed by atoms with Gasteiger partial charge in [-0.25, -0.2) is 0 Å². The number of aromatic hydroxyl groups is 1. The molecule has 0 radical (unpaired) electrons. The predicted octanol–water partition coefficient (Wildman–Crippen LogP) is 2.96. The van der Waals surface area contributed by atoms with Crippen molar-refractivity contribution in [2.24, 2.45) is 0 Å². The molecular formula is C16H16O4. The first-order chi connectivity index (χ1) is 9.67. The van der Waals surface area contributed by atoms with E-state index in [1.807, 2.05) is 6.07 Å². The number of ether oxygens (including phenoxy) is 2. The SMILES string of the molecule is COc1ccc2c(c1)C(O)CC(c1cccc(O)c1)O2. The lowest BCUT2D eigenvalue weighted by Gasteiger charge is -2.30. The Morgan fingerprint density at radius 2 is 2.05 bits per heavy atom. The van der Waals surface area contributed by atoms with Gasteiger partial charge in [0, 0.05) is 12.0 Å². The van der Waals surface area contributed by atoms with Gasteiger partial charge >= 0.3 is 0 Å². The molecule has 1 aliphatic rings. The fraction of sp³-hybridized carbons (Fsp3) is 0.250. The standard InChI is InChI=1S/C16H16O4/c1-19-12-5-6-15-13(8-12)14(18)9-16(20-15)10-3-2-4-11(17)7-10/h2-8,14,16-18H,9H2,1H3. The van der Waals surface area contributed by atoms with Gasteiger partial charge in [-0.1, -0.05) is 12.1 Å². The van der Waals surface area contributed by atoms with Crippen LogP contribution in [0, 0.1) is 0 Å². The second-order valence-electron chi connectivity index (χ2n) is 4.86. The Balaban J connectivity index is 1.93. The molecule has 1 heterocycles. The highest BCUT2D eigenvalue weighted by Crippen LogP contribution is 2.42. The first kappa shape index (κ1) is 12.8. The molecule has 0 aromatic heterocycles. The molecule has 20 heavy (non-hydrogen) atoms. The van der Waals surface area contributed by atoms with E-state index in [0.29, 0.717) is 17.9 Å². The van der Waals surface area contributed by atoms with Crippen LogP contribution >= 0.6 is 0 Å². The molecule has 2 unspecified atom stereocenters. The van der Waals surface area contributed by atoms with Crippen LogP contribution in [0.25, 0.3) is 0 Å². The van der Waals surface area contributed by atoms with Crippen LogP contribution in [0.5, 0.6) is 17.2 Å². The number of phenols is 1. The molecule has 0 spiro atoms. The quantitative estimate of drug-likeness (QED) is 0.882. The number of fused-ring (bicyclic) bond motifs is 1. The van der Waals surface area contributed by atoms with Crippen LogP contribution in [-0.4, -0.2) is 17.3 Å². The van der Waals surface area contributed by atoms with E-state index in [1.54, 1.807) is 43.5 Å². The molecule has 0 saturated heterocycles. The van der Waals surface area contributed by atoms with E-state index in [0.717, 1.165) is 11.1 Å². The van der Waals surface area contributed by atoms with Gasteiger partial charge in [0.25, 0.3) is 0 Å². The summed E-state index contributed by atoms with van der Waals surface area (Å²) in [7, 11) is 1.59. The highest BCUT2D eigenvalue weighted by Gasteiger charge is 2.28. The van der Waals surface area contributed by atoms with Crippen LogP contribution in [0.1, 0.15) is 29.8 Å². The molecule has 1 aliphatic heterocycles. The topological polar surface area (TPSA) is 58.9 Å². The summed E-state index contributed by atoms with van der Waals surface area (Å²) in [5.74, 6) is 1.54. The number of hydrogen-bond acceptors (Lipinski definition) is 4. The van der Waals surface area contributed by atoms with Gasteiger partial charge in [0.05, 0.1) is 13.2 Å². The van der Waals surface area contributed by atoms with E-state index < -0.39 is 6.10 Å². The summed E-state index contributed by atoms with van der Waals surface area (Å²) >= 11 is 0. The van der Waals surface area contributed by atoms with Gasteiger partial charge in [-0.3, -0.25) is 0 Å².